The third-order valence-electron chi connectivity index (χ3n) is 7.00. The largest absolute Gasteiger partial charge is 0.573 e. The molecule has 0 saturated carbocycles. The van der Waals surface area contributed by atoms with Gasteiger partial charge in [-0.15, -0.1) is 13.2 Å². The van der Waals surface area contributed by atoms with Crippen LogP contribution in [0.25, 0.3) is 11.1 Å². The van der Waals surface area contributed by atoms with Gasteiger partial charge in [0.1, 0.15) is 17.2 Å². The number of esters is 1. The van der Waals surface area contributed by atoms with E-state index in [4.69, 9.17) is 18.9 Å². The topological polar surface area (TPSA) is 63.2 Å². The molecule has 1 fully saturated rings. The van der Waals surface area contributed by atoms with Crippen LogP contribution in [0.15, 0.2) is 72.8 Å². The van der Waals surface area contributed by atoms with E-state index in [1.807, 2.05) is 0 Å². The molecule has 3 aromatic rings. The van der Waals surface area contributed by atoms with E-state index in [1.165, 1.54) is 24.3 Å². The summed E-state index contributed by atoms with van der Waals surface area (Å²) >= 11 is 0. The summed E-state index contributed by atoms with van der Waals surface area (Å²) in [6.07, 6.45) is 0.489. The number of carbonyl (C=O) groups excluding carboxylic acids is 1. The predicted molar refractivity (Wildman–Crippen MR) is 148 cm³/mol. The van der Waals surface area contributed by atoms with Crippen molar-refractivity contribution in [1.29, 1.82) is 0 Å². The summed E-state index contributed by atoms with van der Waals surface area (Å²) in [5, 5.41) is 0. The van der Waals surface area contributed by atoms with Crippen LogP contribution >= 0.6 is 0 Å². The van der Waals surface area contributed by atoms with Crippen molar-refractivity contribution in [2.75, 3.05) is 33.0 Å². The number of hydrogen-bond acceptors (Lipinski definition) is 6. The van der Waals surface area contributed by atoms with Crippen LogP contribution in [0, 0.1) is 5.41 Å². The average Bonchev–Trinajstić information content (AvgIpc) is 2.94. The molecule has 0 unspecified atom stereocenters. The van der Waals surface area contributed by atoms with Crippen LogP contribution in [-0.2, 0) is 9.47 Å². The Morgan fingerprint density at radius 2 is 1.34 bits per heavy atom. The zero-order valence-electron chi connectivity index (χ0n) is 23.1. The number of unbranched alkanes of at least 4 members (excludes halogenated alkanes) is 3. The lowest BCUT2D eigenvalue weighted by atomic mass is 9.84. The molecular formula is C32H35F3O6. The van der Waals surface area contributed by atoms with Gasteiger partial charge in [0, 0.05) is 12.0 Å². The highest BCUT2D eigenvalue weighted by atomic mass is 19.4. The normalized spacial score (nSPS) is 14.2. The molecule has 6 nitrogen and oxygen atoms in total. The monoisotopic (exact) mass is 572 g/mol. The van der Waals surface area contributed by atoms with Crippen LogP contribution in [-0.4, -0.2) is 45.4 Å². The zero-order chi connectivity index (χ0) is 29.1. The van der Waals surface area contributed by atoms with Gasteiger partial charge in [-0.3, -0.25) is 0 Å². The van der Waals surface area contributed by atoms with Crippen LogP contribution in [0.5, 0.6) is 17.2 Å². The van der Waals surface area contributed by atoms with Crippen molar-refractivity contribution in [2.24, 2.45) is 5.41 Å². The van der Waals surface area contributed by atoms with Gasteiger partial charge < -0.3 is 23.7 Å². The molecule has 0 amide bonds. The Hall–Kier alpha value is -3.56. The zero-order valence-corrected chi connectivity index (χ0v) is 23.1. The van der Waals surface area contributed by atoms with Crippen LogP contribution in [0.3, 0.4) is 0 Å². The molecular weight excluding hydrogens is 537 g/mol. The molecule has 0 radical (unpaired) electrons. The fourth-order valence-electron chi connectivity index (χ4n) is 4.34. The highest BCUT2D eigenvalue weighted by molar-refractivity contribution is 5.91. The Balaban J connectivity index is 1.12. The van der Waals surface area contributed by atoms with E-state index >= 15 is 0 Å². The van der Waals surface area contributed by atoms with Crippen LogP contribution in [0.4, 0.5) is 13.2 Å². The molecule has 0 N–H and O–H groups in total. The summed E-state index contributed by atoms with van der Waals surface area (Å²) < 4.78 is 63.3. The van der Waals surface area contributed by atoms with Crippen LogP contribution in [0.2, 0.25) is 0 Å². The van der Waals surface area contributed by atoms with Crippen molar-refractivity contribution in [3.63, 3.8) is 0 Å². The lowest BCUT2D eigenvalue weighted by Gasteiger charge is -2.40. The highest BCUT2D eigenvalue weighted by Crippen LogP contribution is 2.31. The maximum atomic E-state index is 12.5. The van der Waals surface area contributed by atoms with E-state index in [0.717, 1.165) is 64.1 Å². The molecule has 3 aromatic carbocycles. The average molecular weight is 573 g/mol. The van der Waals surface area contributed by atoms with E-state index in [2.05, 4.69) is 11.7 Å². The molecule has 4 rings (SSSR count). The van der Waals surface area contributed by atoms with Crippen molar-refractivity contribution in [2.45, 2.75) is 45.4 Å². The second-order valence-electron chi connectivity index (χ2n) is 10.2. The summed E-state index contributed by atoms with van der Waals surface area (Å²) in [6.45, 7) is 5.98. The molecule has 0 aromatic heterocycles. The molecule has 0 atom stereocenters. The molecule has 0 bridgehead atoms. The molecule has 0 spiro atoms. The smallest absolute Gasteiger partial charge is 0.494 e. The van der Waals surface area contributed by atoms with Crippen molar-refractivity contribution < 1.29 is 41.7 Å². The Bertz CT molecular complexity index is 1210. The van der Waals surface area contributed by atoms with Gasteiger partial charge in [-0.2, -0.15) is 0 Å². The number of carbonyl (C=O) groups is 1. The van der Waals surface area contributed by atoms with Crippen molar-refractivity contribution in [1.82, 2.24) is 0 Å². The first-order valence-corrected chi connectivity index (χ1v) is 13.8. The van der Waals surface area contributed by atoms with Gasteiger partial charge in [-0.1, -0.05) is 37.6 Å². The van der Waals surface area contributed by atoms with Gasteiger partial charge in [0.25, 0.3) is 0 Å². The third kappa shape index (κ3) is 9.50. The lowest BCUT2D eigenvalue weighted by molar-refractivity contribution is -0.274. The van der Waals surface area contributed by atoms with E-state index in [9.17, 15) is 18.0 Å². The van der Waals surface area contributed by atoms with Crippen molar-refractivity contribution in [3.05, 3.63) is 78.4 Å². The Kier molecular flexibility index (Phi) is 10.7. The maximum absolute atomic E-state index is 12.5. The molecule has 220 valence electrons. The van der Waals surface area contributed by atoms with Gasteiger partial charge in [-0.05, 0) is 85.3 Å². The van der Waals surface area contributed by atoms with E-state index in [-0.39, 0.29) is 11.2 Å². The summed E-state index contributed by atoms with van der Waals surface area (Å²) in [5.41, 5.74) is 2.08. The van der Waals surface area contributed by atoms with E-state index in [0.29, 0.717) is 29.2 Å². The first-order chi connectivity index (χ1) is 19.8. The standard InChI is InChI=1S/C32H35F3O6/c1-2-31(22-38-23-31)21-37-19-5-3-4-6-20-39-27-13-11-26(12-14-27)30(36)40-28-15-7-24(8-16-28)25-9-17-29(18-10-25)41-32(33,34)35/h7-18H,2-6,19-23H2,1H3. The molecule has 1 aliphatic heterocycles. The maximum Gasteiger partial charge on any atom is 0.573 e. The van der Waals surface area contributed by atoms with E-state index < -0.39 is 12.3 Å². The van der Waals surface area contributed by atoms with Gasteiger partial charge in [0.2, 0.25) is 0 Å². The number of ether oxygens (including phenoxy) is 5. The summed E-state index contributed by atoms with van der Waals surface area (Å²) in [6, 6.07) is 19.0. The van der Waals surface area contributed by atoms with Crippen LogP contribution in [0.1, 0.15) is 49.4 Å². The molecule has 9 heteroatoms. The Morgan fingerprint density at radius 1 is 0.780 bits per heavy atom. The van der Waals surface area contributed by atoms with Crippen molar-refractivity contribution >= 4 is 5.97 Å². The number of benzene rings is 3. The van der Waals surface area contributed by atoms with Crippen molar-refractivity contribution in [3.8, 4) is 28.4 Å². The summed E-state index contributed by atoms with van der Waals surface area (Å²) in [5.74, 6) is 0.243. The minimum Gasteiger partial charge on any atom is -0.494 e. The molecule has 1 aliphatic rings. The number of alkyl halides is 3. The molecule has 0 aliphatic carbocycles. The number of hydrogen-bond donors (Lipinski definition) is 0. The number of halogens is 3. The predicted octanol–water partition coefficient (Wildman–Crippen LogP) is 7.85. The first kappa shape index (κ1) is 30.4. The minimum absolute atomic E-state index is 0.241. The van der Waals surface area contributed by atoms with Gasteiger partial charge in [0.05, 0.1) is 32.0 Å². The van der Waals surface area contributed by atoms with E-state index in [1.54, 1.807) is 48.5 Å². The molecule has 41 heavy (non-hydrogen) atoms. The van der Waals surface area contributed by atoms with Gasteiger partial charge >= 0.3 is 12.3 Å². The fourth-order valence-corrected chi connectivity index (χ4v) is 4.34. The lowest BCUT2D eigenvalue weighted by Crippen LogP contribution is -2.45. The van der Waals surface area contributed by atoms with Crippen LogP contribution < -0.4 is 14.2 Å². The van der Waals surface area contributed by atoms with Gasteiger partial charge in [0.15, 0.2) is 0 Å². The third-order valence-corrected chi connectivity index (χ3v) is 7.00. The Labute approximate surface area is 238 Å². The quantitative estimate of drug-likeness (QED) is 0.105. The summed E-state index contributed by atoms with van der Waals surface area (Å²) in [4.78, 5) is 12.5. The fraction of sp³-hybridized carbons (Fsp3) is 0.406. The summed E-state index contributed by atoms with van der Waals surface area (Å²) in [7, 11) is 0. The minimum atomic E-state index is -4.74. The SMILES string of the molecule is CCC1(COCCCCCCOc2ccc(C(=O)Oc3ccc(-c4ccc(OC(F)(F)F)cc4)cc3)cc2)COC1. The van der Waals surface area contributed by atoms with Gasteiger partial charge in [-0.25, -0.2) is 4.79 Å². The number of rotatable bonds is 15. The molecule has 1 heterocycles. The highest BCUT2D eigenvalue weighted by Gasteiger charge is 2.36. The second kappa shape index (κ2) is 14.4. The Morgan fingerprint density at radius 3 is 1.88 bits per heavy atom. The first-order valence-electron chi connectivity index (χ1n) is 13.8. The second-order valence-corrected chi connectivity index (χ2v) is 10.2. The molecule has 1 saturated heterocycles.